The largest absolute Gasteiger partial charge is 0.381 e. The molecule has 0 saturated carbocycles. The van der Waals surface area contributed by atoms with Crippen LogP contribution in [0.4, 0.5) is 4.39 Å². The first-order valence-corrected chi connectivity index (χ1v) is 10.4. The average Bonchev–Trinajstić information content (AvgIpc) is 3.22. The Morgan fingerprint density at radius 3 is 2.53 bits per heavy atom. The van der Waals surface area contributed by atoms with Crippen LogP contribution in [0.15, 0.2) is 54.9 Å². The van der Waals surface area contributed by atoms with Crippen LogP contribution in [0.1, 0.15) is 28.8 Å². The minimum atomic E-state index is -1.02. The maximum absolute atomic E-state index is 13.1. The van der Waals surface area contributed by atoms with Crippen LogP contribution >= 0.6 is 0 Å². The van der Waals surface area contributed by atoms with Gasteiger partial charge in [-0.05, 0) is 54.1 Å². The summed E-state index contributed by atoms with van der Waals surface area (Å²) in [6, 6.07) is 12.4. The first-order valence-electron chi connectivity index (χ1n) is 10.4. The lowest BCUT2D eigenvalue weighted by atomic mass is 9.90. The third kappa shape index (κ3) is 4.54. The number of halogens is 1. The van der Waals surface area contributed by atoms with Crippen molar-refractivity contribution in [1.29, 1.82) is 5.26 Å². The average molecular weight is 434 g/mol. The Bertz CT molecular complexity index is 1190. The Morgan fingerprint density at radius 2 is 1.84 bits per heavy atom. The number of nitrogens with one attached hydrogen (secondary N) is 1. The molecule has 164 valence electrons. The lowest BCUT2D eigenvalue weighted by Crippen LogP contribution is -2.58. The molecule has 0 radical (unpaired) electrons. The zero-order valence-corrected chi connectivity index (χ0v) is 17.4. The Labute approximate surface area is 184 Å². The zero-order valence-electron chi connectivity index (χ0n) is 17.4. The standard InChI is InChI=1S/C24H23FN4O3/c25-20-5-3-17(4-6-20)22(30)29-14-18-2-1-16(11-19(18)15-29)12-21(13-26)28-23(31)24(27)7-9-32-10-8-24/h1-6,11,14-15,21H,7-10,12,27H2,(H,28,31)/t21-/m0/s1. The summed E-state index contributed by atoms with van der Waals surface area (Å²) in [5.74, 6) is -1.01. The minimum absolute atomic E-state index is 0.269. The molecule has 2 aromatic carbocycles. The summed E-state index contributed by atoms with van der Waals surface area (Å²) in [4.78, 5) is 25.3. The zero-order chi connectivity index (χ0) is 22.7. The molecule has 1 aliphatic rings. The SMILES string of the molecule is N#C[C@H](Cc1ccc2cn(C(=O)c3ccc(F)cc3)cc2c1)NC(=O)C1(N)CCOCC1. The molecule has 2 heterocycles. The maximum Gasteiger partial charge on any atom is 0.261 e. The summed E-state index contributed by atoms with van der Waals surface area (Å²) in [6.07, 6.45) is 4.54. The van der Waals surface area contributed by atoms with Crippen molar-refractivity contribution in [2.24, 2.45) is 5.73 Å². The molecule has 4 rings (SSSR count). The molecular formula is C24H23FN4O3. The van der Waals surface area contributed by atoms with Gasteiger partial charge in [-0.25, -0.2) is 4.39 Å². The van der Waals surface area contributed by atoms with Crippen LogP contribution < -0.4 is 11.1 Å². The van der Waals surface area contributed by atoms with E-state index in [2.05, 4.69) is 11.4 Å². The van der Waals surface area contributed by atoms with Crippen LogP contribution in [0.3, 0.4) is 0 Å². The van der Waals surface area contributed by atoms with E-state index in [9.17, 15) is 19.2 Å². The highest BCUT2D eigenvalue weighted by Crippen LogP contribution is 2.21. The first-order chi connectivity index (χ1) is 15.4. The molecule has 0 spiro atoms. The molecule has 1 amide bonds. The fourth-order valence-electron chi connectivity index (χ4n) is 3.81. The predicted molar refractivity (Wildman–Crippen MR) is 116 cm³/mol. The summed E-state index contributed by atoms with van der Waals surface area (Å²) >= 11 is 0. The van der Waals surface area contributed by atoms with Crippen molar-refractivity contribution in [3.05, 3.63) is 71.8 Å². The second-order valence-electron chi connectivity index (χ2n) is 8.07. The first kappa shape index (κ1) is 21.7. The summed E-state index contributed by atoms with van der Waals surface area (Å²) in [6.45, 7) is 0.844. The van der Waals surface area contributed by atoms with E-state index in [0.29, 0.717) is 38.0 Å². The van der Waals surface area contributed by atoms with E-state index in [-0.39, 0.29) is 11.8 Å². The molecule has 1 aromatic heterocycles. The number of amides is 1. The summed E-state index contributed by atoms with van der Waals surface area (Å²) in [5, 5.41) is 14.0. The highest BCUT2D eigenvalue weighted by atomic mass is 19.1. The van der Waals surface area contributed by atoms with Crippen LogP contribution in [0.25, 0.3) is 10.8 Å². The number of carbonyl (C=O) groups is 2. The number of ether oxygens (including phenoxy) is 1. The third-order valence-corrected chi connectivity index (χ3v) is 5.77. The summed E-state index contributed by atoms with van der Waals surface area (Å²) in [5.41, 5.74) is 6.40. The van der Waals surface area contributed by atoms with Crippen LogP contribution in [0.5, 0.6) is 0 Å². The Kier molecular flexibility index (Phi) is 6.04. The van der Waals surface area contributed by atoms with Gasteiger partial charge in [0, 0.05) is 43.0 Å². The van der Waals surface area contributed by atoms with Crippen molar-refractivity contribution in [1.82, 2.24) is 9.88 Å². The van der Waals surface area contributed by atoms with E-state index < -0.39 is 17.4 Å². The fraction of sp³-hybridized carbons (Fsp3) is 0.292. The van der Waals surface area contributed by atoms with Gasteiger partial charge in [-0.15, -0.1) is 0 Å². The molecule has 3 aromatic rings. The van der Waals surface area contributed by atoms with Crippen molar-refractivity contribution in [2.45, 2.75) is 30.8 Å². The number of rotatable bonds is 5. The van der Waals surface area contributed by atoms with E-state index in [1.54, 1.807) is 12.4 Å². The van der Waals surface area contributed by atoms with Gasteiger partial charge in [-0.1, -0.05) is 12.1 Å². The van der Waals surface area contributed by atoms with Gasteiger partial charge in [0.05, 0.1) is 11.6 Å². The number of nitrogens with zero attached hydrogens (tertiary/aromatic N) is 2. The number of carbonyl (C=O) groups excluding carboxylic acids is 2. The maximum atomic E-state index is 13.1. The normalized spacial score (nSPS) is 16.3. The Hall–Kier alpha value is -3.54. The molecule has 0 aliphatic carbocycles. The van der Waals surface area contributed by atoms with Gasteiger partial charge in [-0.2, -0.15) is 5.26 Å². The van der Waals surface area contributed by atoms with Crippen molar-refractivity contribution in [3.8, 4) is 6.07 Å². The smallest absolute Gasteiger partial charge is 0.261 e. The Balaban J connectivity index is 1.48. The second-order valence-corrected chi connectivity index (χ2v) is 8.07. The monoisotopic (exact) mass is 434 g/mol. The van der Waals surface area contributed by atoms with Gasteiger partial charge in [0.2, 0.25) is 5.91 Å². The van der Waals surface area contributed by atoms with E-state index in [0.717, 1.165) is 16.3 Å². The predicted octanol–water partition coefficient (Wildman–Crippen LogP) is 2.53. The molecule has 1 aliphatic heterocycles. The topological polar surface area (TPSA) is 110 Å². The minimum Gasteiger partial charge on any atom is -0.381 e. The second kappa shape index (κ2) is 8.91. The van der Waals surface area contributed by atoms with Crippen LogP contribution in [0.2, 0.25) is 0 Å². The molecular weight excluding hydrogens is 411 g/mol. The third-order valence-electron chi connectivity index (χ3n) is 5.77. The summed E-state index contributed by atoms with van der Waals surface area (Å²) < 4.78 is 19.8. The van der Waals surface area contributed by atoms with Crippen molar-refractivity contribution < 1.29 is 18.7 Å². The number of benzene rings is 2. The van der Waals surface area contributed by atoms with E-state index in [4.69, 9.17) is 10.5 Å². The molecule has 3 N–H and O–H groups in total. The highest BCUT2D eigenvalue weighted by molar-refractivity contribution is 5.99. The van der Waals surface area contributed by atoms with Gasteiger partial charge in [0.15, 0.2) is 0 Å². The molecule has 8 heteroatoms. The molecule has 7 nitrogen and oxygen atoms in total. The van der Waals surface area contributed by atoms with Crippen molar-refractivity contribution in [2.75, 3.05) is 13.2 Å². The number of hydrogen-bond acceptors (Lipinski definition) is 5. The lowest BCUT2D eigenvalue weighted by molar-refractivity contribution is -0.130. The van der Waals surface area contributed by atoms with Crippen LogP contribution in [-0.4, -0.2) is 41.2 Å². The molecule has 1 fully saturated rings. The molecule has 32 heavy (non-hydrogen) atoms. The molecule has 0 unspecified atom stereocenters. The van der Waals surface area contributed by atoms with Crippen LogP contribution in [0, 0.1) is 17.1 Å². The van der Waals surface area contributed by atoms with Crippen molar-refractivity contribution >= 4 is 22.6 Å². The Morgan fingerprint density at radius 1 is 1.16 bits per heavy atom. The fourth-order valence-corrected chi connectivity index (χ4v) is 3.81. The highest BCUT2D eigenvalue weighted by Gasteiger charge is 2.36. The summed E-state index contributed by atoms with van der Waals surface area (Å²) in [7, 11) is 0. The van der Waals surface area contributed by atoms with Gasteiger partial charge < -0.3 is 15.8 Å². The lowest BCUT2D eigenvalue weighted by Gasteiger charge is -2.32. The van der Waals surface area contributed by atoms with Gasteiger partial charge in [0.1, 0.15) is 11.9 Å². The van der Waals surface area contributed by atoms with E-state index >= 15 is 0 Å². The number of nitrogens with two attached hydrogens (primary N) is 1. The molecule has 1 saturated heterocycles. The van der Waals surface area contributed by atoms with Crippen LogP contribution in [-0.2, 0) is 16.0 Å². The van der Waals surface area contributed by atoms with Gasteiger partial charge >= 0.3 is 0 Å². The van der Waals surface area contributed by atoms with Gasteiger partial charge in [0.25, 0.3) is 5.91 Å². The molecule has 1 atom stereocenters. The number of nitriles is 1. The van der Waals surface area contributed by atoms with Gasteiger partial charge in [-0.3, -0.25) is 14.2 Å². The number of aromatic nitrogens is 1. The van der Waals surface area contributed by atoms with E-state index in [1.807, 2.05) is 18.2 Å². The number of hydrogen-bond donors (Lipinski definition) is 2. The molecule has 0 bridgehead atoms. The number of fused-ring (bicyclic) bond motifs is 1. The van der Waals surface area contributed by atoms with E-state index in [1.165, 1.54) is 28.8 Å². The van der Waals surface area contributed by atoms with Crippen molar-refractivity contribution in [3.63, 3.8) is 0 Å². The quantitative estimate of drug-likeness (QED) is 0.641.